The van der Waals surface area contributed by atoms with Crippen LogP contribution in [0.15, 0.2) is 18.2 Å². The standard InChI is InChI=1S/C13H19ClFNOS/c1-18(17)10-11-5-6-12(14)13(9-11)16-8-4-2-3-7-15/h5-6,9,16H,2-4,7-8,10H2,1H3/t18-/m1/s1. The van der Waals surface area contributed by atoms with Gasteiger partial charge in [-0.3, -0.25) is 8.60 Å². The van der Waals surface area contributed by atoms with Crippen LogP contribution in [-0.4, -0.2) is 23.7 Å². The van der Waals surface area contributed by atoms with Crippen molar-refractivity contribution in [3.8, 4) is 0 Å². The Morgan fingerprint density at radius 2 is 2.11 bits per heavy atom. The third-order valence-electron chi connectivity index (χ3n) is 2.53. The number of unbranched alkanes of at least 4 members (excludes halogenated alkanes) is 2. The van der Waals surface area contributed by atoms with Crippen LogP contribution in [0.3, 0.4) is 0 Å². The van der Waals surface area contributed by atoms with Crippen LogP contribution in [0.4, 0.5) is 10.1 Å². The molecule has 1 aromatic carbocycles. The van der Waals surface area contributed by atoms with E-state index in [-0.39, 0.29) is 6.67 Å². The fourth-order valence-electron chi connectivity index (χ4n) is 1.65. The molecular formula is C13H19ClFNOS. The van der Waals surface area contributed by atoms with E-state index in [1.165, 1.54) is 0 Å². The summed E-state index contributed by atoms with van der Waals surface area (Å²) in [6.07, 6.45) is 4.09. The minimum absolute atomic E-state index is 0.251. The molecule has 2 nitrogen and oxygen atoms in total. The van der Waals surface area contributed by atoms with E-state index in [2.05, 4.69) is 5.32 Å². The van der Waals surface area contributed by atoms with Crippen molar-refractivity contribution in [2.45, 2.75) is 25.0 Å². The maximum atomic E-state index is 11.9. The number of anilines is 1. The van der Waals surface area contributed by atoms with Crippen LogP contribution in [0, 0.1) is 0 Å². The van der Waals surface area contributed by atoms with Gasteiger partial charge in [0.25, 0.3) is 0 Å². The zero-order valence-corrected chi connectivity index (χ0v) is 12.1. The third kappa shape index (κ3) is 5.83. The van der Waals surface area contributed by atoms with Gasteiger partial charge in [-0.05, 0) is 37.0 Å². The minimum Gasteiger partial charge on any atom is -0.384 e. The molecule has 1 aromatic rings. The molecule has 18 heavy (non-hydrogen) atoms. The summed E-state index contributed by atoms with van der Waals surface area (Å²) in [6, 6.07) is 5.63. The maximum Gasteiger partial charge on any atom is 0.0894 e. The molecule has 0 aliphatic heterocycles. The summed E-state index contributed by atoms with van der Waals surface area (Å²) in [5, 5.41) is 3.89. The number of rotatable bonds is 8. The number of benzene rings is 1. The third-order valence-corrected chi connectivity index (χ3v) is 3.60. The zero-order valence-electron chi connectivity index (χ0n) is 10.5. The lowest BCUT2D eigenvalue weighted by Gasteiger charge is -2.10. The van der Waals surface area contributed by atoms with Gasteiger partial charge in [0, 0.05) is 29.4 Å². The molecule has 0 heterocycles. The SMILES string of the molecule is C[S@@](=O)Cc1ccc(Cl)c(NCCCCCF)c1. The van der Waals surface area contributed by atoms with Crippen LogP contribution < -0.4 is 5.32 Å². The highest BCUT2D eigenvalue weighted by Gasteiger charge is 2.03. The van der Waals surface area contributed by atoms with Crippen molar-refractivity contribution < 1.29 is 8.60 Å². The largest absolute Gasteiger partial charge is 0.384 e. The van der Waals surface area contributed by atoms with Gasteiger partial charge in [-0.25, -0.2) is 0 Å². The predicted molar refractivity (Wildman–Crippen MR) is 77.5 cm³/mol. The summed E-state index contributed by atoms with van der Waals surface area (Å²) in [5.41, 5.74) is 1.87. The van der Waals surface area contributed by atoms with E-state index < -0.39 is 10.8 Å². The summed E-state index contributed by atoms with van der Waals surface area (Å²) < 4.78 is 23.1. The van der Waals surface area contributed by atoms with Crippen molar-refractivity contribution in [1.29, 1.82) is 0 Å². The highest BCUT2D eigenvalue weighted by atomic mass is 35.5. The Morgan fingerprint density at radius 1 is 1.33 bits per heavy atom. The van der Waals surface area contributed by atoms with Crippen LogP contribution in [-0.2, 0) is 16.6 Å². The number of alkyl halides is 1. The van der Waals surface area contributed by atoms with Crippen LogP contribution in [0.5, 0.6) is 0 Å². The normalized spacial score (nSPS) is 12.4. The lowest BCUT2D eigenvalue weighted by Crippen LogP contribution is -2.03. The zero-order chi connectivity index (χ0) is 13.4. The minimum atomic E-state index is -0.854. The Morgan fingerprint density at radius 3 is 2.78 bits per heavy atom. The predicted octanol–water partition coefficient (Wildman–Crippen LogP) is 3.77. The Balaban J connectivity index is 2.50. The van der Waals surface area contributed by atoms with Gasteiger partial charge in [-0.2, -0.15) is 0 Å². The first kappa shape index (κ1) is 15.4. The van der Waals surface area contributed by atoms with Crippen molar-refractivity contribution >= 4 is 28.1 Å². The monoisotopic (exact) mass is 291 g/mol. The number of nitrogens with one attached hydrogen (secondary N) is 1. The van der Waals surface area contributed by atoms with Crippen molar-refractivity contribution in [2.24, 2.45) is 0 Å². The summed E-state index contributed by atoms with van der Waals surface area (Å²) in [5.74, 6) is 0.535. The molecule has 0 aliphatic rings. The quantitative estimate of drug-likeness (QED) is 0.739. The molecule has 1 N–H and O–H groups in total. The van der Waals surface area contributed by atoms with Gasteiger partial charge in [0.1, 0.15) is 0 Å². The van der Waals surface area contributed by atoms with Gasteiger partial charge in [0.05, 0.1) is 17.4 Å². The van der Waals surface area contributed by atoms with Crippen molar-refractivity contribution in [3.63, 3.8) is 0 Å². The molecule has 0 aromatic heterocycles. The second kappa shape index (κ2) is 8.48. The van der Waals surface area contributed by atoms with Crippen LogP contribution in [0.25, 0.3) is 0 Å². The average molecular weight is 292 g/mol. The van der Waals surface area contributed by atoms with Gasteiger partial charge in [-0.1, -0.05) is 17.7 Å². The molecule has 0 saturated heterocycles. The Hall–Kier alpha value is -0.610. The fourth-order valence-corrected chi connectivity index (χ4v) is 2.49. The van der Waals surface area contributed by atoms with E-state index >= 15 is 0 Å². The van der Waals surface area contributed by atoms with E-state index in [0.29, 0.717) is 17.2 Å². The molecule has 5 heteroatoms. The lowest BCUT2D eigenvalue weighted by molar-refractivity contribution is 0.458. The van der Waals surface area contributed by atoms with Gasteiger partial charge in [-0.15, -0.1) is 0 Å². The summed E-state index contributed by atoms with van der Waals surface area (Å²) >= 11 is 6.07. The van der Waals surface area contributed by atoms with Gasteiger partial charge < -0.3 is 5.32 Å². The summed E-state index contributed by atoms with van der Waals surface area (Å²) in [6.45, 7) is 0.525. The number of halogens is 2. The number of hydrogen-bond acceptors (Lipinski definition) is 2. The topological polar surface area (TPSA) is 29.1 Å². The Bertz CT molecular complexity index is 401. The molecule has 0 spiro atoms. The first-order valence-electron chi connectivity index (χ1n) is 6.01. The second-order valence-corrected chi connectivity index (χ2v) is 6.05. The van der Waals surface area contributed by atoms with Crippen molar-refractivity contribution in [1.82, 2.24) is 0 Å². The van der Waals surface area contributed by atoms with Gasteiger partial charge in [0.15, 0.2) is 0 Å². The molecule has 102 valence electrons. The maximum absolute atomic E-state index is 11.9. The molecule has 0 aliphatic carbocycles. The Kier molecular flexibility index (Phi) is 7.28. The molecule has 0 bridgehead atoms. The highest BCUT2D eigenvalue weighted by Crippen LogP contribution is 2.23. The van der Waals surface area contributed by atoms with E-state index in [1.807, 2.05) is 18.2 Å². The van der Waals surface area contributed by atoms with E-state index in [1.54, 1.807) is 6.26 Å². The molecule has 0 amide bonds. The number of hydrogen-bond donors (Lipinski definition) is 1. The van der Waals surface area contributed by atoms with Crippen molar-refractivity contribution in [3.05, 3.63) is 28.8 Å². The van der Waals surface area contributed by atoms with E-state index in [9.17, 15) is 8.60 Å². The summed E-state index contributed by atoms with van der Waals surface area (Å²) in [7, 11) is -0.854. The Labute approximate surface area is 115 Å². The molecular weight excluding hydrogens is 273 g/mol. The van der Waals surface area contributed by atoms with Gasteiger partial charge >= 0.3 is 0 Å². The van der Waals surface area contributed by atoms with Gasteiger partial charge in [0.2, 0.25) is 0 Å². The average Bonchev–Trinajstić information content (AvgIpc) is 2.32. The first-order valence-corrected chi connectivity index (χ1v) is 8.12. The highest BCUT2D eigenvalue weighted by molar-refractivity contribution is 7.83. The van der Waals surface area contributed by atoms with Crippen LogP contribution in [0.2, 0.25) is 5.02 Å². The van der Waals surface area contributed by atoms with Crippen molar-refractivity contribution in [2.75, 3.05) is 24.8 Å². The molecule has 0 unspecified atom stereocenters. The van der Waals surface area contributed by atoms with Crippen LogP contribution in [0.1, 0.15) is 24.8 Å². The van der Waals surface area contributed by atoms with E-state index in [4.69, 9.17) is 11.6 Å². The van der Waals surface area contributed by atoms with E-state index in [0.717, 1.165) is 30.6 Å². The summed E-state index contributed by atoms with van der Waals surface area (Å²) in [4.78, 5) is 0. The lowest BCUT2D eigenvalue weighted by atomic mass is 10.2. The smallest absolute Gasteiger partial charge is 0.0894 e. The fraction of sp³-hybridized carbons (Fsp3) is 0.538. The van der Waals surface area contributed by atoms with Crippen LogP contribution >= 0.6 is 11.6 Å². The molecule has 1 atom stereocenters. The molecule has 1 rings (SSSR count). The molecule has 0 radical (unpaired) electrons. The molecule has 0 saturated carbocycles. The first-order chi connectivity index (χ1) is 8.63. The second-order valence-electron chi connectivity index (χ2n) is 4.21. The molecule has 0 fully saturated rings.